The molecular weight excluding hydrogens is 267 g/mol. The van der Waals surface area contributed by atoms with E-state index in [2.05, 4.69) is 23.9 Å². The monoisotopic (exact) mass is 287 g/mol. The van der Waals surface area contributed by atoms with E-state index < -0.39 is 6.36 Å². The van der Waals surface area contributed by atoms with Gasteiger partial charge in [0, 0.05) is 6.04 Å². The van der Waals surface area contributed by atoms with Crippen LogP contribution in [0.1, 0.15) is 32.3 Å². The van der Waals surface area contributed by atoms with Crippen molar-refractivity contribution in [3.05, 3.63) is 29.8 Å². The van der Waals surface area contributed by atoms with Crippen LogP contribution >= 0.6 is 0 Å². The Labute approximate surface area is 117 Å². The Morgan fingerprint density at radius 1 is 1.25 bits per heavy atom. The van der Waals surface area contributed by atoms with Gasteiger partial charge in [0.25, 0.3) is 0 Å². The second kappa shape index (κ2) is 5.64. The number of hydrogen-bond donors (Lipinski definition) is 1. The third-order valence-electron chi connectivity index (χ3n) is 3.93. The fourth-order valence-corrected chi connectivity index (χ4v) is 2.42. The molecule has 1 fully saturated rings. The Morgan fingerprint density at radius 2 is 1.85 bits per heavy atom. The first-order valence-electron chi connectivity index (χ1n) is 6.90. The van der Waals surface area contributed by atoms with E-state index in [1.165, 1.54) is 25.0 Å². The molecule has 0 aliphatic heterocycles. The van der Waals surface area contributed by atoms with Crippen LogP contribution in [0.5, 0.6) is 5.75 Å². The lowest BCUT2D eigenvalue weighted by Gasteiger charge is -2.24. The molecule has 0 saturated heterocycles. The lowest BCUT2D eigenvalue weighted by atomic mass is 9.92. The molecule has 0 amide bonds. The van der Waals surface area contributed by atoms with Gasteiger partial charge in [-0.3, -0.25) is 0 Å². The van der Waals surface area contributed by atoms with Gasteiger partial charge in [-0.2, -0.15) is 0 Å². The van der Waals surface area contributed by atoms with Crippen LogP contribution in [0.4, 0.5) is 13.2 Å². The van der Waals surface area contributed by atoms with Crippen LogP contribution in [-0.4, -0.2) is 18.9 Å². The number of ether oxygens (including phenoxy) is 1. The van der Waals surface area contributed by atoms with Gasteiger partial charge < -0.3 is 10.1 Å². The summed E-state index contributed by atoms with van der Waals surface area (Å²) in [5, 5.41) is 3.48. The number of likely N-dealkylation sites (N-methyl/N-ethyl adjacent to an activating group) is 1. The number of alkyl halides is 3. The first-order valence-corrected chi connectivity index (χ1v) is 6.90. The fourth-order valence-electron chi connectivity index (χ4n) is 2.42. The first kappa shape index (κ1) is 15.2. The lowest BCUT2D eigenvalue weighted by molar-refractivity contribution is -0.274. The Balaban J connectivity index is 1.99. The SMILES string of the molecule is CCNC(Cc1ccc(OC(F)(F)F)cc1)C1(C)CC1. The van der Waals surface area contributed by atoms with Gasteiger partial charge in [0.2, 0.25) is 0 Å². The van der Waals surface area contributed by atoms with Gasteiger partial charge in [-0.15, -0.1) is 13.2 Å². The average molecular weight is 287 g/mol. The highest BCUT2D eigenvalue weighted by Gasteiger charge is 2.44. The smallest absolute Gasteiger partial charge is 0.406 e. The van der Waals surface area contributed by atoms with Crippen molar-refractivity contribution in [3.8, 4) is 5.75 Å². The van der Waals surface area contributed by atoms with Crippen molar-refractivity contribution >= 4 is 0 Å². The molecule has 1 aromatic carbocycles. The third kappa shape index (κ3) is 4.13. The van der Waals surface area contributed by atoms with Crippen LogP contribution in [0.2, 0.25) is 0 Å². The van der Waals surface area contributed by atoms with Gasteiger partial charge in [0.1, 0.15) is 5.75 Å². The molecule has 1 saturated carbocycles. The van der Waals surface area contributed by atoms with Crippen molar-refractivity contribution in [3.63, 3.8) is 0 Å². The van der Waals surface area contributed by atoms with Gasteiger partial charge in [-0.05, 0) is 48.9 Å². The molecule has 1 N–H and O–H groups in total. The Morgan fingerprint density at radius 3 is 2.30 bits per heavy atom. The minimum absolute atomic E-state index is 0.168. The summed E-state index contributed by atoms with van der Waals surface area (Å²) in [7, 11) is 0. The highest BCUT2D eigenvalue weighted by Crippen LogP contribution is 2.48. The quantitative estimate of drug-likeness (QED) is 0.856. The van der Waals surface area contributed by atoms with Crippen molar-refractivity contribution in [2.75, 3.05) is 6.54 Å². The van der Waals surface area contributed by atoms with Crippen molar-refractivity contribution in [1.82, 2.24) is 5.32 Å². The summed E-state index contributed by atoms with van der Waals surface area (Å²) in [5.41, 5.74) is 1.36. The van der Waals surface area contributed by atoms with Crippen LogP contribution in [0.25, 0.3) is 0 Å². The highest BCUT2D eigenvalue weighted by molar-refractivity contribution is 5.28. The molecule has 1 atom stereocenters. The van der Waals surface area contributed by atoms with Crippen LogP contribution in [0.3, 0.4) is 0 Å². The summed E-state index contributed by atoms with van der Waals surface area (Å²) in [4.78, 5) is 0. The van der Waals surface area contributed by atoms with Crippen LogP contribution in [-0.2, 0) is 6.42 Å². The third-order valence-corrected chi connectivity index (χ3v) is 3.93. The number of halogens is 3. The summed E-state index contributed by atoms with van der Waals surface area (Å²) in [6.07, 6.45) is -1.38. The molecule has 1 aliphatic carbocycles. The molecule has 1 aromatic rings. The van der Waals surface area contributed by atoms with E-state index in [1.807, 2.05) is 0 Å². The predicted octanol–water partition coefficient (Wildman–Crippen LogP) is 3.91. The van der Waals surface area contributed by atoms with Gasteiger partial charge in [0.15, 0.2) is 0 Å². The second-order valence-electron chi connectivity index (χ2n) is 5.66. The lowest BCUT2D eigenvalue weighted by Crippen LogP contribution is -2.38. The summed E-state index contributed by atoms with van der Waals surface area (Å²) in [6, 6.07) is 6.54. The van der Waals surface area contributed by atoms with E-state index in [0.717, 1.165) is 18.5 Å². The first-order chi connectivity index (χ1) is 9.32. The minimum Gasteiger partial charge on any atom is -0.406 e. The molecule has 2 rings (SSSR count). The highest BCUT2D eigenvalue weighted by atomic mass is 19.4. The van der Waals surface area contributed by atoms with E-state index in [1.54, 1.807) is 12.1 Å². The van der Waals surface area contributed by atoms with Crippen molar-refractivity contribution in [2.24, 2.45) is 5.41 Å². The van der Waals surface area contributed by atoms with Crippen molar-refractivity contribution < 1.29 is 17.9 Å². The number of rotatable bonds is 6. The van der Waals surface area contributed by atoms with E-state index in [0.29, 0.717) is 11.5 Å². The zero-order valence-electron chi connectivity index (χ0n) is 11.8. The molecule has 112 valence electrons. The topological polar surface area (TPSA) is 21.3 Å². The zero-order chi connectivity index (χ0) is 14.8. The molecule has 2 nitrogen and oxygen atoms in total. The minimum atomic E-state index is -4.63. The maximum Gasteiger partial charge on any atom is 0.573 e. The summed E-state index contributed by atoms with van der Waals surface area (Å²) >= 11 is 0. The molecule has 0 bridgehead atoms. The van der Waals surface area contributed by atoms with E-state index in [9.17, 15) is 13.2 Å². The molecule has 5 heteroatoms. The molecular formula is C15H20F3NO. The summed E-state index contributed by atoms with van der Waals surface area (Å²) in [6.45, 7) is 5.22. The van der Waals surface area contributed by atoms with Crippen LogP contribution in [0, 0.1) is 5.41 Å². The van der Waals surface area contributed by atoms with E-state index in [-0.39, 0.29) is 5.75 Å². The molecule has 1 unspecified atom stereocenters. The maximum absolute atomic E-state index is 12.1. The Bertz CT molecular complexity index is 437. The standard InChI is InChI=1S/C15H20F3NO/c1-3-19-13(14(2)8-9-14)10-11-4-6-12(7-5-11)20-15(16,17)18/h4-7,13,19H,3,8-10H2,1-2H3. The second-order valence-corrected chi connectivity index (χ2v) is 5.66. The largest absolute Gasteiger partial charge is 0.573 e. The molecule has 0 heterocycles. The normalized spacial score (nSPS) is 18.6. The van der Waals surface area contributed by atoms with Gasteiger partial charge in [0.05, 0.1) is 0 Å². The van der Waals surface area contributed by atoms with Gasteiger partial charge >= 0.3 is 6.36 Å². The molecule has 0 spiro atoms. The van der Waals surface area contributed by atoms with E-state index in [4.69, 9.17) is 0 Å². The summed E-state index contributed by atoms with van der Waals surface area (Å²) < 4.78 is 40.1. The van der Waals surface area contributed by atoms with Crippen molar-refractivity contribution in [2.45, 2.75) is 45.5 Å². The van der Waals surface area contributed by atoms with Gasteiger partial charge in [-0.1, -0.05) is 26.0 Å². The average Bonchev–Trinajstić information content (AvgIpc) is 3.09. The Hall–Kier alpha value is -1.23. The number of nitrogens with one attached hydrogen (secondary N) is 1. The van der Waals surface area contributed by atoms with Crippen LogP contribution in [0.15, 0.2) is 24.3 Å². The molecule has 1 aliphatic rings. The molecule has 20 heavy (non-hydrogen) atoms. The zero-order valence-corrected chi connectivity index (χ0v) is 11.8. The molecule has 0 radical (unpaired) electrons. The van der Waals surface area contributed by atoms with Gasteiger partial charge in [-0.25, -0.2) is 0 Å². The van der Waals surface area contributed by atoms with Crippen molar-refractivity contribution in [1.29, 1.82) is 0 Å². The Kier molecular flexibility index (Phi) is 4.28. The molecule has 0 aromatic heterocycles. The predicted molar refractivity (Wildman–Crippen MR) is 71.6 cm³/mol. The fraction of sp³-hybridized carbons (Fsp3) is 0.600. The number of benzene rings is 1. The summed E-state index contributed by atoms with van der Waals surface area (Å²) in [5.74, 6) is -0.168. The van der Waals surface area contributed by atoms with E-state index >= 15 is 0 Å². The van der Waals surface area contributed by atoms with Crippen LogP contribution < -0.4 is 10.1 Å². The maximum atomic E-state index is 12.1. The number of hydrogen-bond acceptors (Lipinski definition) is 2.